The highest BCUT2D eigenvalue weighted by molar-refractivity contribution is 5.96. The number of allylic oxidation sites excluding steroid dienone is 1. The Hall–Kier alpha value is -3.04. The van der Waals surface area contributed by atoms with E-state index < -0.39 is 0 Å². The summed E-state index contributed by atoms with van der Waals surface area (Å²) in [6.45, 7) is 6.33. The summed E-state index contributed by atoms with van der Waals surface area (Å²) in [4.78, 5) is 2.52. The average Bonchev–Trinajstić information content (AvgIpc) is 3.37. The molecule has 0 amide bonds. The number of aromatic hydroxyl groups is 1. The van der Waals surface area contributed by atoms with Crippen molar-refractivity contribution >= 4 is 11.6 Å². The van der Waals surface area contributed by atoms with Gasteiger partial charge in [-0.3, -0.25) is 4.90 Å². The van der Waals surface area contributed by atoms with Crippen molar-refractivity contribution in [1.82, 2.24) is 4.90 Å². The molecule has 1 saturated heterocycles. The Morgan fingerprint density at radius 2 is 1.76 bits per heavy atom. The summed E-state index contributed by atoms with van der Waals surface area (Å²) in [6.07, 6.45) is 8.24. The van der Waals surface area contributed by atoms with Crippen molar-refractivity contribution in [2.75, 3.05) is 26.2 Å². The molecule has 3 nitrogen and oxygen atoms in total. The Morgan fingerprint density at radius 3 is 2.62 bits per heavy atom. The monoisotopic (exact) mass is 451 g/mol. The maximum Gasteiger partial charge on any atom is 0.119 e. The van der Waals surface area contributed by atoms with Gasteiger partial charge < -0.3 is 9.84 Å². The number of rotatable bonds is 5. The summed E-state index contributed by atoms with van der Waals surface area (Å²) in [6, 6.07) is 21.4. The highest BCUT2D eigenvalue weighted by Crippen LogP contribution is 2.55. The first-order valence-corrected chi connectivity index (χ1v) is 12.7. The van der Waals surface area contributed by atoms with Crippen LogP contribution in [0.2, 0.25) is 0 Å². The van der Waals surface area contributed by atoms with E-state index in [0.29, 0.717) is 5.75 Å². The maximum atomic E-state index is 10.2. The number of nitrogens with zero attached hydrogens (tertiary/aromatic N) is 1. The van der Waals surface area contributed by atoms with Gasteiger partial charge in [-0.2, -0.15) is 0 Å². The first-order chi connectivity index (χ1) is 16.6. The lowest BCUT2D eigenvalue weighted by Crippen LogP contribution is -2.33. The lowest BCUT2D eigenvalue weighted by molar-refractivity contribution is 0.183. The van der Waals surface area contributed by atoms with Gasteiger partial charge in [0.2, 0.25) is 0 Å². The van der Waals surface area contributed by atoms with Gasteiger partial charge in [0.1, 0.15) is 18.1 Å². The van der Waals surface area contributed by atoms with Gasteiger partial charge in [-0.05, 0) is 109 Å². The largest absolute Gasteiger partial charge is 0.508 e. The number of fused-ring (bicyclic) bond motifs is 3. The zero-order chi connectivity index (χ0) is 23.1. The Kier molecular flexibility index (Phi) is 5.45. The Morgan fingerprint density at radius 1 is 0.912 bits per heavy atom. The lowest BCUT2D eigenvalue weighted by atomic mass is 9.72. The summed E-state index contributed by atoms with van der Waals surface area (Å²) in [7, 11) is 0. The van der Waals surface area contributed by atoms with Gasteiger partial charge in [0, 0.05) is 12.0 Å². The van der Waals surface area contributed by atoms with Crippen LogP contribution in [0.3, 0.4) is 0 Å². The third-order valence-corrected chi connectivity index (χ3v) is 7.98. The van der Waals surface area contributed by atoms with Crippen molar-refractivity contribution in [2.24, 2.45) is 0 Å². The number of hydrogen-bond donors (Lipinski definition) is 1. The molecule has 1 spiro atoms. The predicted molar refractivity (Wildman–Crippen MR) is 138 cm³/mol. The van der Waals surface area contributed by atoms with Gasteiger partial charge in [-0.15, -0.1) is 0 Å². The van der Waals surface area contributed by atoms with Crippen molar-refractivity contribution in [1.29, 1.82) is 0 Å². The van der Waals surface area contributed by atoms with Gasteiger partial charge in [-0.25, -0.2) is 0 Å². The number of piperidine rings is 1. The van der Waals surface area contributed by atoms with E-state index in [0.717, 1.165) is 37.3 Å². The number of phenols is 1. The predicted octanol–water partition coefficient (Wildman–Crippen LogP) is 6.16. The highest BCUT2D eigenvalue weighted by atomic mass is 16.5. The summed E-state index contributed by atoms with van der Waals surface area (Å²) >= 11 is 0. The van der Waals surface area contributed by atoms with Crippen molar-refractivity contribution in [3.8, 4) is 11.5 Å². The van der Waals surface area contributed by atoms with Crippen LogP contribution in [0, 0.1) is 6.92 Å². The molecule has 3 aromatic rings. The molecule has 34 heavy (non-hydrogen) atoms. The van der Waals surface area contributed by atoms with E-state index in [1.54, 1.807) is 0 Å². The van der Waals surface area contributed by atoms with Crippen LogP contribution >= 0.6 is 0 Å². The standard InChI is InChI=1S/C31H33NO2/c1-22-6-5-7-23(16-22)30-19-25-17-27(33)9-11-29(25)31(30)20-24-8-10-28(18-26(24)21-31)34-15-14-32-12-3-2-4-13-32/h5-11,16-19,33H,2-4,12-15,20-21H2,1H3. The van der Waals surface area contributed by atoms with Gasteiger partial charge >= 0.3 is 0 Å². The van der Waals surface area contributed by atoms with E-state index in [2.05, 4.69) is 66.4 Å². The molecule has 3 aliphatic rings. The number of benzene rings is 3. The molecule has 3 aromatic carbocycles. The van der Waals surface area contributed by atoms with Crippen LogP contribution in [0.4, 0.5) is 0 Å². The van der Waals surface area contributed by atoms with E-state index in [9.17, 15) is 5.11 Å². The Balaban J connectivity index is 1.28. The van der Waals surface area contributed by atoms with E-state index >= 15 is 0 Å². The first kappa shape index (κ1) is 21.5. The minimum absolute atomic E-state index is 0.0917. The molecule has 2 aliphatic carbocycles. The molecule has 1 unspecified atom stereocenters. The van der Waals surface area contributed by atoms with Crippen molar-refractivity contribution < 1.29 is 9.84 Å². The fourth-order valence-corrected chi connectivity index (χ4v) is 6.31. The topological polar surface area (TPSA) is 32.7 Å². The fourth-order valence-electron chi connectivity index (χ4n) is 6.31. The van der Waals surface area contributed by atoms with Crippen LogP contribution in [0.25, 0.3) is 11.6 Å². The second kappa shape index (κ2) is 8.63. The summed E-state index contributed by atoms with van der Waals surface area (Å²) in [5.74, 6) is 1.31. The molecule has 1 fully saturated rings. The van der Waals surface area contributed by atoms with Gasteiger partial charge in [0.25, 0.3) is 0 Å². The highest BCUT2D eigenvalue weighted by Gasteiger charge is 2.46. The van der Waals surface area contributed by atoms with Crippen LogP contribution in [0.1, 0.15) is 52.6 Å². The zero-order valence-electron chi connectivity index (χ0n) is 20.0. The minimum atomic E-state index is -0.0917. The van der Waals surface area contributed by atoms with Crippen LogP contribution in [0.5, 0.6) is 11.5 Å². The Labute approximate surface area is 202 Å². The first-order valence-electron chi connectivity index (χ1n) is 12.7. The molecule has 0 bridgehead atoms. The molecular weight excluding hydrogens is 418 g/mol. The number of phenolic OH excluding ortho intramolecular Hbond substituents is 1. The summed E-state index contributed by atoms with van der Waals surface area (Å²) < 4.78 is 6.21. The van der Waals surface area contributed by atoms with Crippen LogP contribution in [-0.2, 0) is 18.3 Å². The molecule has 1 heterocycles. The lowest BCUT2D eigenvalue weighted by Gasteiger charge is -2.30. The van der Waals surface area contributed by atoms with Crippen LogP contribution < -0.4 is 4.74 Å². The van der Waals surface area contributed by atoms with Crippen molar-refractivity contribution in [3.05, 3.63) is 94.0 Å². The number of likely N-dealkylation sites (tertiary alicyclic amines) is 1. The van der Waals surface area contributed by atoms with Crippen molar-refractivity contribution in [3.63, 3.8) is 0 Å². The molecule has 0 saturated carbocycles. The van der Waals surface area contributed by atoms with E-state index in [1.165, 1.54) is 65.7 Å². The SMILES string of the molecule is Cc1cccc(C2=Cc3cc(O)ccc3C23Cc2ccc(OCCN4CCCCC4)cc2C3)c1. The summed E-state index contributed by atoms with van der Waals surface area (Å²) in [5.41, 5.74) is 9.08. The minimum Gasteiger partial charge on any atom is -0.508 e. The molecule has 1 atom stereocenters. The third kappa shape index (κ3) is 3.82. The quantitative estimate of drug-likeness (QED) is 0.505. The second-order valence-corrected chi connectivity index (χ2v) is 10.3. The molecule has 1 aliphatic heterocycles. The second-order valence-electron chi connectivity index (χ2n) is 10.3. The van der Waals surface area contributed by atoms with Crippen LogP contribution in [-0.4, -0.2) is 36.2 Å². The number of hydrogen-bond acceptors (Lipinski definition) is 3. The number of aryl methyl sites for hydroxylation is 1. The average molecular weight is 452 g/mol. The fraction of sp³-hybridized carbons (Fsp3) is 0.355. The number of ether oxygens (including phenoxy) is 1. The zero-order valence-corrected chi connectivity index (χ0v) is 20.0. The molecular formula is C31H33NO2. The molecule has 0 aromatic heterocycles. The van der Waals surface area contributed by atoms with Crippen molar-refractivity contribution in [2.45, 2.75) is 44.4 Å². The van der Waals surface area contributed by atoms with Gasteiger partial charge in [0.05, 0.1) is 0 Å². The van der Waals surface area contributed by atoms with E-state index in [-0.39, 0.29) is 5.41 Å². The van der Waals surface area contributed by atoms with E-state index in [1.807, 2.05) is 12.1 Å². The van der Waals surface area contributed by atoms with Gasteiger partial charge in [0.15, 0.2) is 0 Å². The molecule has 0 radical (unpaired) electrons. The maximum absolute atomic E-state index is 10.2. The summed E-state index contributed by atoms with van der Waals surface area (Å²) in [5, 5.41) is 10.2. The molecule has 1 N–H and O–H groups in total. The third-order valence-electron chi connectivity index (χ3n) is 7.98. The normalized spacial score (nSPS) is 21.4. The van der Waals surface area contributed by atoms with Gasteiger partial charge in [-0.1, -0.05) is 48.4 Å². The van der Waals surface area contributed by atoms with Crippen LogP contribution in [0.15, 0.2) is 60.7 Å². The smallest absolute Gasteiger partial charge is 0.119 e. The molecule has 6 rings (SSSR count). The van der Waals surface area contributed by atoms with E-state index in [4.69, 9.17) is 4.74 Å². The molecule has 174 valence electrons. The Bertz CT molecular complexity index is 1250. The molecule has 3 heteroatoms.